The number of aliphatic carboxylic acids is 1. The van der Waals surface area contributed by atoms with Gasteiger partial charge in [-0.2, -0.15) is 0 Å². The van der Waals surface area contributed by atoms with Crippen LogP contribution in [0.4, 0.5) is 5.69 Å². The van der Waals surface area contributed by atoms with Gasteiger partial charge in [-0.3, -0.25) is 19.5 Å². The predicted molar refractivity (Wildman–Crippen MR) is 113 cm³/mol. The summed E-state index contributed by atoms with van der Waals surface area (Å²) in [5.74, 6) is -1.24. The number of ether oxygens (including phenoxy) is 1. The van der Waals surface area contributed by atoms with Crippen molar-refractivity contribution in [1.82, 2.24) is 5.32 Å². The summed E-state index contributed by atoms with van der Waals surface area (Å²) in [5.41, 5.74) is 2.08. The van der Waals surface area contributed by atoms with Gasteiger partial charge in [-0.15, -0.1) is 22.9 Å². The van der Waals surface area contributed by atoms with Gasteiger partial charge in [0, 0.05) is 12.0 Å². The first kappa shape index (κ1) is 30.8. The normalized spacial score (nSPS) is 11.7. The number of alkyl halides is 1. The first-order valence-electron chi connectivity index (χ1n) is 7.83. The zero-order valence-corrected chi connectivity index (χ0v) is 18.1. The molecule has 0 bridgehead atoms. The monoisotopic (exact) mass is 484 g/mol. The Kier molecular flexibility index (Phi) is 17.0. The number of carbonyl (C=O) groups is 2. The Hall–Kier alpha value is 0.636. The summed E-state index contributed by atoms with van der Waals surface area (Å²) in [6, 6.07) is -0.0155. The van der Waals surface area contributed by atoms with Crippen molar-refractivity contribution in [2.45, 2.75) is 26.8 Å². The molecule has 1 unspecified atom stereocenters. The molecule has 1 amide bonds. The standard InChI is InChI=1S/C12H18ClNO2S.C3H8NO5P.K.H/c1-8-7-17-10(3)12(8)14(11(15)5-13)9(2)6-16-4;5-3(6)1-4-2-10(7,8)9;;/h7,9H,5-6H2,1-4H3;4H,1-2H2,(H,5,6)(H2,7,8,9);;. The molecule has 158 valence electrons. The zero-order chi connectivity index (χ0) is 21.2. The van der Waals surface area contributed by atoms with E-state index in [1.54, 1.807) is 23.3 Å². The van der Waals surface area contributed by atoms with Gasteiger partial charge in [0.05, 0.1) is 31.2 Å². The van der Waals surface area contributed by atoms with E-state index in [0.29, 0.717) is 6.61 Å². The molecular weight excluding hydrogens is 458 g/mol. The topological polar surface area (TPSA) is 136 Å². The number of amides is 1. The van der Waals surface area contributed by atoms with Gasteiger partial charge in [-0.05, 0) is 31.7 Å². The van der Waals surface area contributed by atoms with Gasteiger partial charge >= 0.3 is 64.9 Å². The van der Waals surface area contributed by atoms with Crippen molar-refractivity contribution in [3.8, 4) is 0 Å². The molecule has 1 aromatic heterocycles. The fourth-order valence-electron chi connectivity index (χ4n) is 2.21. The molecule has 0 aromatic carbocycles. The van der Waals surface area contributed by atoms with Crippen LogP contribution in [-0.2, 0) is 18.9 Å². The molecule has 0 aliphatic rings. The molecule has 0 spiro atoms. The van der Waals surface area contributed by atoms with Crippen molar-refractivity contribution in [2.75, 3.05) is 37.3 Å². The average molecular weight is 485 g/mol. The van der Waals surface area contributed by atoms with Crippen LogP contribution in [0.5, 0.6) is 0 Å². The molecule has 0 aliphatic carbocycles. The quantitative estimate of drug-likeness (QED) is 0.232. The van der Waals surface area contributed by atoms with Gasteiger partial charge in [0.25, 0.3) is 0 Å². The molecule has 1 heterocycles. The Morgan fingerprint density at radius 2 is 1.96 bits per heavy atom. The van der Waals surface area contributed by atoms with Gasteiger partial charge in [-0.25, -0.2) is 0 Å². The molecule has 0 saturated carbocycles. The number of anilines is 1. The molecule has 0 saturated heterocycles. The first-order chi connectivity index (χ1) is 12.4. The molecule has 0 radical (unpaired) electrons. The predicted octanol–water partition coefficient (Wildman–Crippen LogP) is 1.12. The number of thiophene rings is 1. The number of hydrogen-bond donors (Lipinski definition) is 4. The fourth-order valence-corrected chi connectivity index (χ4v) is 3.57. The Balaban J connectivity index is 0. The minimum atomic E-state index is -4.10. The summed E-state index contributed by atoms with van der Waals surface area (Å²) < 4.78 is 15.2. The summed E-state index contributed by atoms with van der Waals surface area (Å²) in [4.78, 5) is 41.0. The Bertz CT molecular complexity index is 651. The van der Waals surface area contributed by atoms with E-state index >= 15 is 0 Å². The number of methoxy groups -OCH3 is 1. The van der Waals surface area contributed by atoms with E-state index in [1.165, 1.54) is 0 Å². The Morgan fingerprint density at radius 1 is 1.39 bits per heavy atom. The summed E-state index contributed by atoms with van der Waals surface area (Å²) in [7, 11) is -2.46. The number of nitrogens with zero attached hydrogens (tertiary/aromatic N) is 1. The SMILES string of the molecule is COCC(C)N(C(=O)CCl)c1c(C)csc1C.O=C(O)CNCP(=O)(O)O.[KH]. The number of hydrogen-bond acceptors (Lipinski definition) is 6. The van der Waals surface area contributed by atoms with Crippen LogP contribution in [0.15, 0.2) is 5.38 Å². The Labute approximate surface area is 216 Å². The van der Waals surface area contributed by atoms with Crippen LogP contribution < -0.4 is 10.2 Å². The first-order valence-corrected chi connectivity index (χ1v) is 11.0. The molecular formula is C15H27ClKN2O7PS. The van der Waals surface area contributed by atoms with Crippen LogP contribution >= 0.6 is 30.5 Å². The van der Waals surface area contributed by atoms with Crippen LogP contribution in [0.25, 0.3) is 0 Å². The summed E-state index contributed by atoms with van der Waals surface area (Å²) in [5, 5.41) is 12.1. The van der Waals surface area contributed by atoms with Crippen molar-refractivity contribution in [2.24, 2.45) is 0 Å². The number of carboxylic acid groups (broad SMARTS) is 1. The molecule has 4 N–H and O–H groups in total. The van der Waals surface area contributed by atoms with Crippen molar-refractivity contribution < 1.29 is 33.8 Å². The van der Waals surface area contributed by atoms with Gasteiger partial charge < -0.3 is 24.5 Å². The third kappa shape index (κ3) is 12.4. The zero-order valence-electron chi connectivity index (χ0n) is 15.6. The second kappa shape index (κ2) is 15.4. The Morgan fingerprint density at radius 3 is 2.32 bits per heavy atom. The maximum absolute atomic E-state index is 12.0. The van der Waals surface area contributed by atoms with E-state index in [1.807, 2.05) is 20.8 Å². The van der Waals surface area contributed by atoms with Crippen LogP contribution in [0.1, 0.15) is 17.4 Å². The van der Waals surface area contributed by atoms with Gasteiger partial charge in [0.15, 0.2) is 0 Å². The molecule has 0 aliphatic heterocycles. The number of carbonyl (C=O) groups excluding carboxylic acids is 1. The van der Waals surface area contributed by atoms with E-state index in [4.69, 9.17) is 31.2 Å². The molecule has 1 atom stereocenters. The number of rotatable bonds is 9. The van der Waals surface area contributed by atoms with E-state index in [2.05, 4.69) is 10.7 Å². The number of nitrogens with one attached hydrogen (secondary N) is 1. The van der Waals surface area contributed by atoms with Gasteiger partial charge in [0.2, 0.25) is 5.91 Å². The third-order valence-electron chi connectivity index (χ3n) is 3.19. The van der Waals surface area contributed by atoms with Crippen LogP contribution in [-0.4, -0.2) is 117 Å². The van der Waals surface area contributed by atoms with Crippen LogP contribution in [0, 0.1) is 13.8 Å². The van der Waals surface area contributed by atoms with Crippen molar-refractivity contribution in [3.05, 3.63) is 15.8 Å². The summed E-state index contributed by atoms with van der Waals surface area (Å²) in [6.07, 6.45) is -0.598. The van der Waals surface area contributed by atoms with Crippen molar-refractivity contribution >= 4 is 99.5 Å². The van der Waals surface area contributed by atoms with Gasteiger partial charge in [0.1, 0.15) is 5.88 Å². The van der Waals surface area contributed by atoms with E-state index in [-0.39, 0.29) is 69.2 Å². The second-order valence-corrected chi connectivity index (χ2v) is 8.67. The van der Waals surface area contributed by atoms with Crippen molar-refractivity contribution in [3.63, 3.8) is 0 Å². The number of aryl methyl sites for hydroxylation is 2. The van der Waals surface area contributed by atoms with E-state index in [9.17, 15) is 14.2 Å². The molecule has 0 fully saturated rings. The fraction of sp³-hybridized carbons (Fsp3) is 0.600. The molecule has 28 heavy (non-hydrogen) atoms. The summed E-state index contributed by atoms with van der Waals surface area (Å²) >= 11 is 7.33. The minimum absolute atomic E-state index is 0. The number of carboxylic acids is 1. The van der Waals surface area contributed by atoms with Crippen molar-refractivity contribution in [1.29, 1.82) is 0 Å². The second-order valence-electron chi connectivity index (χ2n) is 5.67. The van der Waals surface area contributed by atoms with Crippen LogP contribution in [0.3, 0.4) is 0 Å². The molecule has 9 nitrogen and oxygen atoms in total. The summed E-state index contributed by atoms with van der Waals surface area (Å²) in [6.45, 7) is 6.04. The van der Waals surface area contributed by atoms with E-state index < -0.39 is 26.4 Å². The molecule has 13 heteroatoms. The maximum atomic E-state index is 12.0. The van der Waals surface area contributed by atoms with E-state index in [0.717, 1.165) is 16.1 Å². The third-order valence-corrected chi connectivity index (χ3v) is 5.07. The number of halogens is 1. The molecule has 1 rings (SSSR count). The molecule has 1 aromatic rings. The van der Waals surface area contributed by atoms with Gasteiger partial charge in [-0.1, -0.05) is 0 Å². The van der Waals surface area contributed by atoms with Crippen LogP contribution in [0.2, 0.25) is 0 Å². The average Bonchev–Trinajstić information content (AvgIpc) is 2.86.